The van der Waals surface area contributed by atoms with Gasteiger partial charge < -0.3 is 9.88 Å². The molecule has 1 aliphatic rings. The quantitative estimate of drug-likeness (QED) is 0.776. The molecule has 0 radical (unpaired) electrons. The van der Waals surface area contributed by atoms with Crippen molar-refractivity contribution in [2.24, 2.45) is 0 Å². The molecule has 0 aromatic carbocycles. The van der Waals surface area contributed by atoms with Gasteiger partial charge in [-0.2, -0.15) is 0 Å². The fourth-order valence-electron chi connectivity index (χ4n) is 2.88. The van der Waals surface area contributed by atoms with Crippen LogP contribution in [0.2, 0.25) is 0 Å². The van der Waals surface area contributed by atoms with Crippen molar-refractivity contribution >= 4 is 29.0 Å². The third-order valence-corrected chi connectivity index (χ3v) is 5.79. The molecule has 2 aromatic heterocycles. The molecule has 5 nitrogen and oxygen atoms in total. The molecule has 1 saturated carbocycles. The molecule has 0 unspecified atom stereocenters. The van der Waals surface area contributed by atoms with Gasteiger partial charge in [0.25, 0.3) is 0 Å². The van der Waals surface area contributed by atoms with E-state index in [0.29, 0.717) is 11.8 Å². The molecule has 7 heteroatoms. The lowest BCUT2D eigenvalue weighted by atomic mass is 10.2. The Hall–Kier alpha value is -1.34. The molecular formula is C16H22N4OS2. The van der Waals surface area contributed by atoms with Crippen LogP contribution >= 0.6 is 23.1 Å². The number of amides is 1. The predicted molar refractivity (Wildman–Crippen MR) is 94.7 cm³/mol. The van der Waals surface area contributed by atoms with E-state index in [1.54, 1.807) is 11.3 Å². The Balaban J connectivity index is 1.64. The van der Waals surface area contributed by atoms with Gasteiger partial charge in [-0.1, -0.05) is 37.6 Å². The lowest BCUT2D eigenvalue weighted by molar-refractivity contribution is -0.119. The third kappa shape index (κ3) is 4.14. The van der Waals surface area contributed by atoms with Gasteiger partial charge in [0.05, 0.1) is 10.6 Å². The van der Waals surface area contributed by atoms with Crippen LogP contribution in [0, 0.1) is 0 Å². The highest BCUT2D eigenvalue weighted by atomic mass is 32.2. The number of nitrogens with one attached hydrogen (secondary N) is 1. The molecule has 2 heterocycles. The van der Waals surface area contributed by atoms with E-state index < -0.39 is 0 Å². The van der Waals surface area contributed by atoms with Crippen LogP contribution in [0.25, 0.3) is 10.7 Å². The van der Waals surface area contributed by atoms with Gasteiger partial charge in [-0.15, -0.1) is 21.5 Å². The van der Waals surface area contributed by atoms with Gasteiger partial charge in [0, 0.05) is 12.6 Å². The highest BCUT2D eigenvalue weighted by Crippen LogP contribution is 2.27. The van der Waals surface area contributed by atoms with Gasteiger partial charge in [-0.05, 0) is 30.7 Å². The summed E-state index contributed by atoms with van der Waals surface area (Å²) in [6.07, 6.45) is 5.70. The summed E-state index contributed by atoms with van der Waals surface area (Å²) in [6, 6.07) is 4.45. The Morgan fingerprint density at radius 3 is 2.96 bits per heavy atom. The van der Waals surface area contributed by atoms with Crippen LogP contribution in [0.1, 0.15) is 39.0 Å². The topological polar surface area (TPSA) is 59.8 Å². The average Bonchev–Trinajstić information content (AvgIpc) is 3.27. The normalized spacial score (nSPS) is 15.2. The molecule has 0 bridgehead atoms. The van der Waals surface area contributed by atoms with Gasteiger partial charge in [0.15, 0.2) is 11.0 Å². The van der Waals surface area contributed by atoms with Crippen LogP contribution in [0.15, 0.2) is 22.7 Å². The number of carbonyl (C=O) groups is 1. The maximum absolute atomic E-state index is 12.1. The van der Waals surface area contributed by atoms with E-state index in [-0.39, 0.29) is 5.91 Å². The molecule has 1 N–H and O–H groups in total. The summed E-state index contributed by atoms with van der Waals surface area (Å²) in [5, 5.41) is 14.6. The molecule has 23 heavy (non-hydrogen) atoms. The molecule has 124 valence electrons. The summed E-state index contributed by atoms with van der Waals surface area (Å²) in [5.41, 5.74) is 0. The molecule has 1 aliphatic carbocycles. The van der Waals surface area contributed by atoms with Gasteiger partial charge in [0.2, 0.25) is 5.91 Å². The molecule has 0 spiro atoms. The Bertz CT molecular complexity index is 633. The van der Waals surface area contributed by atoms with Crippen LogP contribution in [0.5, 0.6) is 0 Å². The van der Waals surface area contributed by atoms with Crippen LogP contribution < -0.4 is 5.32 Å². The van der Waals surface area contributed by atoms with Crippen molar-refractivity contribution in [1.29, 1.82) is 0 Å². The minimum absolute atomic E-state index is 0.102. The minimum atomic E-state index is 0.102. The standard InChI is InChI=1S/C16H22N4OS2/c1-2-9-20-15(13-8-5-10-22-13)18-19-16(20)23-11-14(21)17-12-6-3-4-7-12/h5,8,10,12H,2-4,6-7,9,11H2,1H3,(H,17,21). The van der Waals surface area contributed by atoms with Gasteiger partial charge in [-0.3, -0.25) is 4.79 Å². The first-order chi connectivity index (χ1) is 11.3. The number of hydrogen-bond donors (Lipinski definition) is 1. The zero-order valence-corrected chi connectivity index (χ0v) is 15.0. The summed E-state index contributed by atoms with van der Waals surface area (Å²) in [6.45, 7) is 3.01. The smallest absolute Gasteiger partial charge is 0.230 e. The average molecular weight is 351 g/mol. The fourth-order valence-corrected chi connectivity index (χ4v) is 4.37. The van der Waals surface area contributed by atoms with E-state index in [1.807, 2.05) is 11.4 Å². The number of aromatic nitrogens is 3. The maximum Gasteiger partial charge on any atom is 0.230 e. The van der Waals surface area contributed by atoms with Crippen molar-refractivity contribution in [1.82, 2.24) is 20.1 Å². The second kappa shape index (κ2) is 7.97. The highest BCUT2D eigenvalue weighted by molar-refractivity contribution is 7.99. The van der Waals surface area contributed by atoms with E-state index in [0.717, 1.165) is 41.7 Å². The molecule has 1 amide bonds. The Labute approximate surface area is 144 Å². The molecule has 0 atom stereocenters. The van der Waals surface area contributed by atoms with Crippen LogP contribution in [0.3, 0.4) is 0 Å². The number of carbonyl (C=O) groups excluding carboxylic acids is 1. The lowest BCUT2D eigenvalue weighted by Gasteiger charge is -2.12. The Morgan fingerprint density at radius 1 is 1.43 bits per heavy atom. The summed E-state index contributed by atoms with van der Waals surface area (Å²) in [7, 11) is 0. The van der Waals surface area contributed by atoms with Crippen molar-refractivity contribution in [3.8, 4) is 10.7 Å². The SMILES string of the molecule is CCCn1c(SCC(=O)NC2CCCC2)nnc1-c1cccs1. The second-order valence-electron chi connectivity index (χ2n) is 5.77. The van der Waals surface area contributed by atoms with Gasteiger partial charge in [-0.25, -0.2) is 0 Å². The summed E-state index contributed by atoms with van der Waals surface area (Å²) < 4.78 is 2.12. The number of hydrogen-bond acceptors (Lipinski definition) is 5. The Kier molecular flexibility index (Phi) is 5.72. The van der Waals surface area contributed by atoms with Crippen LogP contribution in [0.4, 0.5) is 0 Å². The van der Waals surface area contributed by atoms with Gasteiger partial charge >= 0.3 is 0 Å². The molecule has 1 fully saturated rings. The van der Waals surface area contributed by atoms with E-state index in [2.05, 4.69) is 33.1 Å². The summed E-state index contributed by atoms with van der Waals surface area (Å²) in [5.74, 6) is 1.41. The Morgan fingerprint density at radius 2 is 2.26 bits per heavy atom. The second-order valence-corrected chi connectivity index (χ2v) is 7.66. The maximum atomic E-state index is 12.1. The van der Waals surface area contributed by atoms with Crippen molar-refractivity contribution < 1.29 is 4.79 Å². The monoisotopic (exact) mass is 350 g/mol. The van der Waals surface area contributed by atoms with E-state index in [4.69, 9.17) is 0 Å². The molecule has 0 saturated heterocycles. The number of thioether (sulfide) groups is 1. The summed E-state index contributed by atoms with van der Waals surface area (Å²) in [4.78, 5) is 13.2. The number of thiophene rings is 1. The predicted octanol–water partition coefficient (Wildman–Crippen LogP) is 3.57. The van der Waals surface area contributed by atoms with Crippen molar-refractivity contribution in [2.45, 2.75) is 56.8 Å². The van der Waals surface area contributed by atoms with Crippen LogP contribution in [-0.4, -0.2) is 32.5 Å². The first kappa shape index (κ1) is 16.5. The fraction of sp³-hybridized carbons (Fsp3) is 0.562. The molecule has 3 rings (SSSR count). The van der Waals surface area contributed by atoms with Crippen LogP contribution in [-0.2, 0) is 11.3 Å². The highest BCUT2D eigenvalue weighted by Gasteiger charge is 2.19. The summed E-state index contributed by atoms with van der Waals surface area (Å²) >= 11 is 3.14. The van der Waals surface area contributed by atoms with E-state index >= 15 is 0 Å². The van der Waals surface area contributed by atoms with E-state index in [9.17, 15) is 4.79 Å². The molecule has 0 aliphatic heterocycles. The number of nitrogens with zero attached hydrogens (tertiary/aromatic N) is 3. The van der Waals surface area contributed by atoms with Crippen molar-refractivity contribution in [3.05, 3.63) is 17.5 Å². The lowest BCUT2D eigenvalue weighted by Crippen LogP contribution is -2.33. The van der Waals surface area contributed by atoms with Crippen molar-refractivity contribution in [2.75, 3.05) is 5.75 Å². The largest absolute Gasteiger partial charge is 0.353 e. The molecule has 2 aromatic rings. The zero-order chi connectivity index (χ0) is 16.1. The third-order valence-electron chi connectivity index (χ3n) is 3.96. The van der Waals surface area contributed by atoms with E-state index in [1.165, 1.54) is 24.6 Å². The zero-order valence-electron chi connectivity index (χ0n) is 13.3. The minimum Gasteiger partial charge on any atom is -0.353 e. The molecular weight excluding hydrogens is 328 g/mol. The first-order valence-corrected chi connectivity index (χ1v) is 10.0. The first-order valence-electron chi connectivity index (χ1n) is 8.17. The van der Waals surface area contributed by atoms with Gasteiger partial charge in [0.1, 0.15) is 0 Å². The van der Waals surface area contributed by atoms with Crippen molar-refractivity contribution in [3.63, 3.8) is 0 Å². The number of rotatable bonds is 7.